The normalized spacial score (nSPS) is 11.5. The summed E-state index contributed by atoms with van der Waals surface area (Å²) in [6.07, 6.45) is 1.35. The van der Waals surface area contributed by atoms with Crippen LogP contribution in [0.1, 0.15) is 26.7 Å². The molecular weight excluding hydrogens is 284 g/mol. The number of nitrogens with two attached hydrogens (primary N) is 1. The second-order valence-corrected chi connectivity index (χ2v) is 6.50. The molecule has 2 aromatic rings. The number of hydrogen-bond donors (Lipinski definition) is 2. The number of thiazole rings is 1. The summed E-state index contributed by atoms with van der Waals surface area (Å²) >= 11 is 1.45. The Bertz CT molecular complexity index is 623. The maximum atomic E-state index is 11.9. The summed E-state index contributed by atoms with van der Waals surface area (Å²) in [7, 11) is 2.07. The van der Waals surface area contributed by atoms with Gasteiger partial charge in [0.25, 0.3) is 0 Å². The molecule has 0 bridgehead atoms. The fourth-order valence-corrected chi connectivity index (χ4v) is 2.85. The zero-order valence-electron chi connectivity index (χ0n) is 12.7. The number of anilines is 2. The third kappa shape index (κ3) is 4.41. The van der Waals surface area contributed by atoms with Gasteiger partial charge in [0.15, 0.2) is 5.13 Å². The van der Waals surface area contributed by atoms with E-state index in [4.69, 9.17) is 5.73 Å². The molecule has 0 aliphatic heterocycles. The molecule has 0 aliphatic carbocycles. The largest absolute Gasteiger partial charge is 0.399 e. The van der Waals surface area contributed by atoms with Crippen molar-refractivity contribution < 1.29 is 4.79 Å². The molecule has 1 aromatic heterocycles. The maximum Gasteiger partial charge on any atom is 0.226 e. The molecule has 0 saturated carbocycles. The first-order valence-corrected chi connectivity index (χ1v) is 7.93. The molecule has 0 atom stereocenters. The zero-order chi connectivity index (χ0) is 15.4. The lowest BCUT2D eigenvalue weighted by atomic mass is 10.2. The minimum absolute atomic E-state index is 0.0131. The van der Waals surface area contributed by atoms with Crippen molar-refractivity contribution in [3.8, 4) is 0 Å². The van der Waals surface area contributed by atoms with E-state index in [9.17, 15) is 4.79 Å². The number of nitrogen functional groups attached to an aromatic ring is 1. The first-order valence-electron chi connectivity index (χ1n) is 7.12. The smallest absolute Gasteiger partial charge is 0.226 e. The van der Waals surface area contributed by atoms with E-state index in [2.05, 4.69) is 36.1 Å². The number of carbonyl (C=O) groups excluding carboxylic acids is 1. The van der Waals surface area contributed by atoms with E-state index in [1.54, 1.807) is 0 Å². The molecule has 0 radical (unpaired) electrons. The summed E-state index contributed by atoms with van der Waals surface area (Å²) in [6.45, 7) is 5.21. The number of nitrogens with one attached hydrogen (secondary N) is 1. The number of hydrogen-bond acceptors (Lipinski definition) is 5. The first kappa shape index (κ1) is 15.7. The molecule has 0 unspecified atom stereocenters. The Kier molecular flexibility index (Phi) is 5.14. The zero-order valence-corrected chi connectivity index (χ0v) is 13.5. The summed E-state index contributed by atoms with van der Waals surface area (Å²) in [5.41, 5.74) is 7.31. The van der Waals surface area contributed by atoms with Crippen molar-refractivity contribution in [1.29, 1.82) is 0 Å². The lowest BCUT2D eigenvalue weighted by molar-refractivity contribution is -0.116. The third-order valence-electron chi connectivity index (χ3n) is 3.46. The van der Waals surface area contributed by atoms with Gasteiger partial charge in [0.1, 0.15) is 0 Å². The quantitative estimate of drug-likeness (QED) is 0.805. The van der Waals surface area contributed by atoms with Gasteiger partial charge in [-0.15, -0.1) is 0 Å². The van der Waals surface area contributed by atoms with Crippen LogP contribution in [0.2, 0.25) is 0 Å². The predicted octanol–water partition coefficient (Wildman–Crippen LogP) is 2.94. The summed E-state index contributed by atoms with van der Waals surface area (Å²) in [6, 6.07) is 6.06. The van der Waals surface area contributed by atoms with Gasteiger partial charge in [-0.25, -0.2) is 4.98 Å². The molecule has 3 N–H and O–H groups in total. The molecule has 0 spiro atoms. The van der Waals surface area contributed by atoms with Crippen molar-refractivity contribution in [2.24, 2.45) is 0 Å². The molecule has 5 nitrogen and oxygen atoms in total. The number of aromatic nitrogens is 1. The van der Waals surface area contributed by atoms with Crippen LogP contribution in [-0.4, -0.2) is 35.4 Å². The lowest BCUT2D eigenvalue weighted by Crippen LogP contribution is -2.28. The SMILES string of the molecule is CC(C)N(C)CCCC(=O)Nc1nc2ccc(N)cc2s1. The molecule has 0 saturated heterocycles. The van der Waals surface area contributed by atoms with Crippen LogP contribution in [0.5, 0.6) is 0 Å². The first-order chi connectivity index (χ1) is 9.95. The van der Waals surface area contributed by atoms with Crippen molar-refractivity contribution in [3.63, 3.8) is 0 Å². The second kappa shape index (κ2) is 6.87. The van der Waals surface area contributed by atoms with Gasteiger partial charge in [0, 0.05) is 18.2 Å². The molecule has 2 rings (SSSR count). The van der Waals surface area contributed by atoms with Gasteiger partial charge in [-0.05, 0) is 52.1 Å². The van der Waals surface area contributed by atoms with Gasteiger partial charge in [-0.3, -0.25) is 4.79 Å². The minimum atomic E-state index is 0.0131. The van der Waals surface area contributed by atoms with Gasteiger partial charge < -0.3 is 16.0 Å². The number of carbonyl (C=O) groups is 1. The molecule has 0 fully saturated rings. The van der Waals surface area contributed by atoms with Crippen molar-refractivity contribution >= 4 is 38.3 Å². The number of fused-ring (bicyclic) bond motifs is 1. The Morgan fingerprint density at radius 3 is 2.95 bits per heavy atom. The van der Waals surface area contributed by atoms with Crippen molar-refractivity contribution in [1.82, 2.24) is 9.88 Å². The average Bonchev–Trinajstić information content (AvgIpc) is 2.79. The van der Waals surface area contributed by atoms with Crippen LogP contribution in [0, 0.1) is 0 Å². The Labute approximate surface area is 129 Å². The number of rotatable bonds is 6. The average molecular weight is 306 g/mol. The highest BCUT2D eigenvalue weighted by molar-refractivity contribution is 7.22. The number of nitrogens with zero attached hydrogens (tertiary/aromatic N) is 2. The molecule has 21 heavy (non-hydrogen) atoms. The molecule has 1 heterocycles. The highest BCUT2D eigenvalue weighted by Gasteiger charge is 2.09. The van der Waals surface area contributed by atoms with Crippen LogP contribution in [0.25, 0.3) is 10.2 Å². The van der Waals surface area contributed by atoms with Gasteiger partial charge in [-0.1, -0.05) is 11.3 Å². The van der Waals surface area contributed by atoms with Crippen molar-refractivity contribution in [2.45, 2.75) is 32.7 Å². The van der Waals surface area contributed by atoms with Crippen LogP contribution >= 0.6 is 11.3 Å². The van der Waals surface area contributed by atoms with Crippen LogP contribution in [0.3, 0.4) is 0 Å². The van der Waals surface area contributed by atoms with Gasteiger partial charge >= 0.3 is 0 Å². The van der Waals surface area contributed by atoms with E-state index < -0.39 is 0 Å². The number of amides is 1. The molecule has 0 aliphatic rings. The summed E-state index contributed by atoms with van der Waals surface area (Å²) in [4.78, 5) is 18.5. The maximum absolute atomic E-state index is 11.9. The van der Waals surface area contributed by atoms with Gasteiger partial charge in [0.2, 0.25) is 5.91 Å². The topological polar surface area (TPSA) is 71.2 Å². The molecule has 6 heteroatoms. The van der Waals surface area contributed by atoms with E-state index in [1.807, 2.05) is 18.2 Å². The summed E-state index contributed by atoms with van der Waals surface area (Å²) < 4.78 is 0.991. The standard InChI is InChI=1S/C15H22N4OS/c1-10(2)19(3)8-4-5-14(20)18-15-17-12-7-6-11(16)9-13(12)21-15/h6-7,9-10H,4-5,8,16H2,1-3H3,(H,17,18,20). The van der Waals surface area contributed by atoms with Crippen molar-refractivity contribution in [2.75, 3.05) is 24.6 Å². The predicted molar refractivity (Wildman–Crippen MR) is 89.7 cm³/mol. The highest BCUT2D eigenvalue weighted by Crippen LogP contribution is 2.27. The minimum Gasteiger partial charge on any atom is -0.399 e. The molecule has 1 aromatic carbocycles. The second-order valence-electron chi connectivity index (χ2n) is 5.47. The Morgan fingerprint density at radius 1 is 1.48 bits per heavy atom. The van der Waals surface area contributed by atoms with E-state index in [0.29, 0.717) is 23.3 Å². The van der Waals surface area contributed by atoms with Crippen LogP contribution in [0.15, 0.2) is 18.2 Å². The lowest BCUT2D eigenvalue weighted by Gasteiger charge is -2.20. The fourth-order valence-electron chi connectivity index (χ4n) is 1.92. The third-order valence-corrected chi connectivity index (χ3v) is 4.39. The summed E-state index contributed by atoms with van der Waals surface area (Å²) in [5, 5.41) is 3.50. The monoisotopic (exact) mass is 306 g/mol. The van der Waals surface area contributed by atoms with Crippen LogP contribution < -0.4 is 11.1 Å². The van der Waals surface area contributed by atoms with Gasteiger partial charge in [0.05, 0.1) is 10.2 Å². The summed E-state index contributed by atoms with van der Waals surface area (Å²) in [5.74, 6) is 0.0131. The fraction of sp³-hybridized carbons (Fsp3) is 0.467. The number of benzene rings is 1. The molecule has 114 valence electrons. The van der Waals surface area contributed by atoms with Gasteiger partial charge in [-0.2, -0.15) is 0 Å². The highest BCUT2D eigenvalue weighted by atomic mass is 32.1. The Balaban J connectivity index is 1.86. The van der Waals surface area contributed by atoms with Crippen LogP contribution in [-0.2, 0) is 4.79 Å². The molecular formula is C15H22N4OS. The van der Waals surface area contributed by atoms with E-state index in [0.717, 1.165) is 23.2 Å². The van der Waals surface area contributed by atoms with E-state index >= 15 is 0 Å². The Morgan fingerprint density at radius 2 is 2.24 bits per heavy atom. The van der Waals surface area contributed by atoms with E-state index in [1.165, 1.54) is 11.3 Å². The molecule has 1 amide bonds. The Hall–Kier alpha value is -1.66. The van der Waals surface area contributed by atoms with Crippen molar-refractivity contribution in [3.05, 3.63) is 18.2 Å². The van der Waals surface area contributed by atoms with E-state index in [-0.39, 0.29) is 5.91 Å². The van der Waals surface area contributed by atoms with Crippen LogP contribution in [0.4, 0.5) is 10.8 Å².